The highest BCUT2D eigenvalue weighted by atomic mass is 32.2. The van der Waals surface area contributed by atoms with E-state index in [-0.39, 0.29) is 6.61 Å². The zero-order valence-corrected chi connectivity index (χ0v) is 10.9. The van der Waals surface area contributed by atoms with Crippen LogP contribution < -0.4 is 5.73 Å². The second-order valence-corrected chi connectivity index (χ2v) is 5.18. The quantitative estimate of drug-likeness (QED) is 0.748. The van der Waals surface area contributed by atoms with E-state index in [0.29, 0.717) is 17.1 Å². The third kappa shape index (κ3) is 5.40. The minimum atomic E-state index is -4.38. The molecule has 108 valence electrons. The van der Waals surface area contributed by atoms with Crippen LogP contribution in [0, 0.1) is 0 Å². The molecule has 0 aliphatic carbocycles. The maximum atomic E-state index is 12.5. The van der Waals surface area contributed by atoms with Crippen LogP contribution in [0.5, 0.6) is 0 Å². The molecule has 1 aromatic carbocycles. The molecule has 0 aliphatic heterocycles. The highest BCUT2D eigenvalue weighted by Crippen LogP contribution is 2.30. The van der Waals surface area contributed by atoms with Crippen molar-refractivity contribution in [2.45, 2.75) is 18.3 Å². The number of halogens is 3. The fraction of sp³-hybridized carbons (Fsp3) is 0.500. The summed E-state index contributed by atoms with van der Waals surface area (Å²) in [7, 11) is 0. The molecule has 2 atom stereocenters. The third-order valence-corrected chi connectivity index (χ3v) is 3.68. The SMILES string of the molecule is NC(CSCC(O)CO)c1cccc(C(F)(F)F)c1. The second kappa shape index (κ2) is 7.14. The van der Waals surface area contributed by atoms with Crippen LogP contribution in [0.15, 0.2) is 24.3 Å². The maximum Gasteiger partial charge on any atom is 0.416 e. The molecule has 1 rings (SSSR count). The van der Waals surface area contributed by atoms with Gasteiger partial charge in [0.05, 0.1) is 18.3 Å². The monoisotopic (exact) mass is 295 g/mol. The number of hydrogen-bond donors (Lipinski definition) is 3. The first-order valence-corrected chi connectivity index (χ1v) is 6.79. The number of thioether (sulfide) groups is 1. The lowest BCUT2D eigenvalue weighted by Gasteiger charge is -2.15. The molecule has 0 bridgehead atoms. The molecule has 0 amide bonds. The number of benzene rings is 1. The lowest BCUT2D eigenvalue weighted by Crippen LogP contribution is -2.19. The van der Waals surface area contributed by atoms with Crippen LogP contribution in [-0.2, 0) is 6.18 Å². The van der Waals surface area contributed by atoms with Crippen molar-refractivity contribution in [3.05, 3.63) is 35.4 Å². The second-order valence-electron chi connectivity index (χ2n) is 4.10. The number of hydrogen-bond acceptors (Lipinski definition) is 4. The Kier molecular flexibility index (Phi) is 6.12. The molecule has 0 radical (unpaired) electrons. The van der Waals surface area contributed by atoms with Crippen LogP contribution in [0.2, 0.25) is 0 Å². The third-order valence-electron chi connectivity index (χ3n) is 2.46. The van der Waals surface area contributed by atoms with Crippen molar-refractivity contribution in [2.75, 3.05) is 18.1 Å². The average Bonchev–Trinajstić information content (AvgIpc) is 2.37. The van der Waals surface area contributed by atoms with Crippen LogP contribution in [0.25, 0.3) is 0 Å². The van der Waals surface area contributed by atoms with Gasteiger partial charge in [0.15, 0.2) is 0 Å². The van der Waals surface area contributed by atoms with Crippen molar-refractivity contribution < 1.29 is 23.4 Å². The molecule has 0 fully saturated rings. The average molecular weight is 295 g/mol. The Morgan fingerprint density at radius 3 is 2.53 bits per heavy atom. The lowest BCUT2D eigenvalue weighted by atomic mass is 10.1. The first kappa shape index (κ1) is 16.3. The molecule has 0 saturated heterocycles. The maximum absolute atomic E-state index is 12.5. The summed E-state index contributed by atoms with van der Waals surface area (Å²) >= 11 is 1.29. The number of rotatable bonds is 6. The molecule has 0 spiro atoms. The molecular weight excluding hydrogens is 279 g/mol. The minimum Gasteiger partial charge on any atom is -0.394 e. The molecule has 2 unspecified atom stereocenters. The zero-order valence-electron chi connectivity index (χ0n) is 10.1. The van der Waals surface area contributed by atoms with Gasteiger partial charge in [-0.15, -0.1) is 0 Å². The van der Waals surface area contributed by atoms with Crippen LogP contribution >= 0.6 is 11.8 Å². The predicted molar refractivity (Wildman–Crippen MR) is 68.8 cm³/mol. The van der Waals surface area contributed by atoms with E-state index in [0.717, 1.165) is 12.1 Å². The summed E-state index contributed by atoms with van der Waals surface area (Å²) in [5.74, 6) is 0.668. The number of aliphatic hydroxyl groups excluding tert-OH is 2. The van der Waals surface area contributed by atoms with Gasteiger partial charge in [-0.1, -0.05) is 12.1 Å². The summed E-state index contributed by atoms with van der Waals surface area (Å²) in [6.45, 7) is -0.341. The first-order chi connectivity index (χ1) is 8.84. The summed E-state index contributed by atoms with van der Waals surface area (Å²) in [5.41, 5.74) is 5.48. The van der Waals surface area contributed by atoms with Gasteiger partial charge < -0.3 is 15.9 Å². The molecular formula is C12H16F3NO2S. The summed E-state index contributed by atoms with van der Waals surface area (Å²) < 4.78 is 37.6. The van der Waals surface area contributed by atoms with E-state index in [1.807, 2.05) is 0 Å². The van der Waals surface area contributed by atoms with Gasteiger partial charge in [0.2, 0.25) is 0 Å². The van der Waals surface area contributed by atoms with E-state index >= 15 is 0 Å². The Hall–Kier alpha value is -0.760. The molecule has 3 nitrogen and oxygen atoms in total. The highest BCUT2D eigenvalue weighted by Gasteiger charge is 2.30. The van der Waals surface area contributed by atoms with Gasteiger partial charge in [-0.3, -0.25) is 0 Å². The molecule has 7 heteroatoms. The molecule has 0 aliphatic rings. The molecule has 4 N–H and O–H groups in total. The highest BCUT2D eigenvalue weighted by molar-refractivity contribution is 7.99. The predicted octanol–water partition coefficient (Wildman–Crippen LogP) is 1.79. The van der Waals surface area contributed by atoms with Gasteiger partial charge in [0.25, 0.3) is 0 Å². The zero-order chi connectivity index (χ0) is 14.5. The number of nitrogens with two attached hydrogens (primary N) is 1. The lowest BCUT2D eigenvalue weighted by molar-refractivity contribution is -0.137. The van der Waals surface area contributed by atoms with Crippen LogP contribution in [0.3, 0.4) is 0 Å². The standard InChI is InChI=1S/C12H16F3NO2S/c13-12(14,15)9-3-1-2-8(4-9)11(16)7-19-6-10(18)5-17/h1-4,10-11,17-18H,5-7,16H2. The van der Waals surface area contributed by atoms with E-state index in [1.165, 1.54) is 17.8 Å². The smallest absolute Gasteiger partial charge is 0.394 e. The van der Waals surface area contributed by atoms with Crippen LogP contribution in [0.4, 0.5) is 13.2 Å². The van der Waals surface area contributed by atoms with Gasteiger partial charge in [0, 0.05) is 17.5 Å². The molecule has 0 saturated carbocycles. The summed E-state index contributed by atoms with van der Waals surface area (Å²) in [6.07, 6.45) is -5.21. The van der Waals surface area contributed by atoms with E-state index in [2.05, 4.69) is 0 Å². The fourth-order valence-electron chi connectivity index (χ4n) is 1.43. The van der Waals surface area contributed by atoms with Crippen molar-refractivity contribution in [2.24, 2.45) is 5.73 Å². The van der Waals surface area contributed by atoms with Crippen LogP contribution in [-0.4, -0.2) is 34.4 Å². The minimum absolute atomic E-state index is 0.295. The summed E-state index contributed by atoms with van der Waals surface area (Å²) in [6, 6.07) is 4.36. The van der Waals surface area contributed by atoms with Crippen molar-refractivity contribution >= 4 is 11.8 Å². The Balaban J connectivity index is 2.60. The molecule has 0 heterocycles. The summed E-state index contributed by atoms with van der Waals surface area (Å²) in [5, 5.41) is 17.8. The van der Waals surface area contributed by atoms with E-state index < -0.39 is 23.9 Å². The Morgan fingerprint density at radius 1 is 1.26 bits per heavy atom. The largest absolute Gasteiger partial charge is 0.416 e. The fourth-order valence-corrected chi connectivity index (χ4v) is 2.39. The molecule has 19 heavy (non-hydrogen) atoms. The van der Waals surface area contributed by atoms with Gasteiger partial charge in [-0.25, -0.2) is 0 Å². The van der Waals surface area contributed by atoms with Crippen molar-refractivity contribution in [3.63, 3.8) is 0 Å². The van der Waals surface area contributed by atoms with Crippen molar-refractivity contribution in [1.29, 1.82) is 0 Å². The van der Waals surface area contributed by atoms with Crippen molar-refractivity contribution in [3.8, 4) is 0 Å². The molecule has 1 aromatic rings. The van der Waals surface area contributed by atoms with Gasteiger partial charge in [0.1, 0.15) is 0 Å². The molecule has 0 aromatic heterocycles. The normalized spacial score (nSPS) is 15.3. The van der Waals surface area contributed by atoms with E-state index in [4.69, 9.17) is 15.9 Å². The Bertz CT molecular complexity index is 401. The number of alkyl halides is 3. The summed E-state index contributed by atoms with van der Waals surface area (Å²) in [4.78, 5) is 0. The van der Waals surface area contributed by atoms with Gasteiger partial charge in [-0.2, -0.15) is 24.9 Å². The van der Waals surface area contributed by atoms with Gasteiger partial charge >= 0.3 is 6.18 Å². The van der Waals surface area contributed by atoms with Crippen LogP contribution in [0.1, 0.15) is 17.2 Å². The Morgan fingerprint density at radius 2 is 1.95 bits per heavy atom. The van der Waals surface area contributed by atoms with Crippen molar-refractivity contribution in [1.82, 2.24) is 0 Å². The number of aliphatic hydroxyl groups is 2. The topological polar surface area (TPSA) is 66.5 Å². The van der Waals surface area contributed by atoms with Gasteiger partial charge in [-0.05, 0) is 17.7 Å². The first-order valence-electron chi connectivity index (χ1n) is 5.64. The Labute approximate surface area is 113 Å². The van der Waals surface area contributed by atoms with E-state index in [1.54, 1.807) is 6.07 Å². The van der Waals surface area contributed by atoms with E-state index in [9.17, 15) is 13.2 Å².